The van der Waals surface area contributed by atoms with Gasteiger partial charge in [0.05, 0.1) is 111 Å². The van der Waals surface area contributed by atoms with E-state index in [1.54, 1.807) is 30.7 Å². The van der Waals surface area contributed by atoms with Crippen LogP contribution in [0.5, 0.6) is 0 Å². The second-order valence-electron chi connectivity index (χ2n) is 44.4. The molecule has 7 aromatic heterocycles. The zero-order valence-corrected chi connectivity index (χ0v) is 85.3. The molecule has 0 unspecified atom stereocenters. The summed E-state index contributed by atoms with van der Waals surface area (Å²) in [4.78, 5) is 70.2. The summed E-state index contributed by atoms with van der Waals surface area (Å²) in [5, 5.41) is 41.6. The van der Waals surface area contributed by atoms with E-state index in [0.717, 1.165) is 112 Å². The molecule has 31 nitrogen and oxygen atoms in total. The molecule has 134 heavy (non-hydrogen) atoms. The lowest BCUT2D eigenvalue weighted by atomic mass is 10.1. The van der Waals surface area contributed by atoms with E-state index in [4.69, 9.17) is 39.0 Å². The van der Waals surface area contributed by atoms with Crippen LogP contribution in [0.4, 0.5) is 24.0 Å². The van der Waals surface area contributed by atoms with E-state index in [2.05, 4.69) is 105 Å². The first-order chi connectivity index (χ1) is 64.0. The van der Waals surface area contributed by atoms with Crippen LogP contribution in [0.1, 0.15) is 399 Å². The Kier molecular flexibility index (Phi) is 34.5. The first-order valence-corrected chi connectivity index (χ1v) is 52.2. The monoisotopic (exact) mass is 1920 g/mol. The zero-order chi connectivity index (χ0) is 95.1. The smallest absolute Gasteiger partial charge is 0.410 e. The minimum Gasteiger partial charge on any atom is -0.444 e. The first-order valence-electron chi connectivity index (χ1n) is 51.3. The van der Waals surface area contributed by atoms with Crippen molar-refractivity contribution in [3.8, 4) is 0 Å². The Balaban J connectivity index is 0.000000125. The van der Waals surface area contributed by atoms with Crippen molar-refractivity contribution in [1.82, 2.24) is 104 Å². The van der Waals surface area contributed by atoms with Gasteiger partial charge in [-0.1, -0.05) is 106 Å². The van der Waals surface area contributed by atoms with Crippen molar-refractivity contribution in [2.24, 2.45) is 0 Å². The highest BCUT2D eigenvalue weighted by atomic mass is 79.9. The minimum atomic E-state index is -0.439. The van der Waals surface area contributed by atoms with Crippen molar-refractivity contribution in [3.63, 3.8) is 0 Å². The van der Waals surface area contributed by atoms with Gasteiger partial charge in [0.2, 0.25) is 0 Å². The number of rotatable bonds is 6. The summed E-state index contributed by atoms with van der Waals surface area (Å²) in [6.45, 7) is 39.3. The van der Waals surface area contributed by atoms with E-state index in [1.165, 1.54) is 236 Å². The Labute approximate surface area is 804 Å². The Bertz CT molecular complexity index is 4660. The summed E-state index contributed by atoms with van der Waals surface area (Å²) in [6, 6.07) is 3.66. The first kappa shape index (κ1) is 101. The molecule has 7 saturated carbocycles. The Hall–Kier alpha value is -8.78. The SMILES string of the molecule is BrC1CCCC1.CC(C)(C)OC(=O)N1CCc2[nH]ncc2C1.CC(C)(C)OC(=O)N1CCc2c(cnn2C2CCCC2)C1.CC(C)(C)OC(=O)N1CCc2c(cnn2C2CCCC2)C1.CC(C)(C)OC(=O)N1CCc2nn(C3CCCC3)cc2C1.CC(C)(C)OC(=O)N1CCc2nn(C3CCCC3)cc2C1.c1c2c(nn1C1CCCC1)CCNC2.c1nn(C2CCCC2)c2c1CNCC2. The van der Waals surface area contributed by atoms with Crippen molar-refractivity contribution in [2.45, 2.75) is 443 Å². The highest BCUT2D eigenvalue weighted by Gasteiger charge is 2.37. The second kappa shape index (κ2) is 45.7. The van der Waals surface area contributed by atoms with Gasteiger partial charge in [0.25, 0.3) is 0 Å². The number of amides is 5. The number of carbonyl (C=O) groups is 5. The van der Waals surface area contributed by atoms with Crippen molar-refractivity contribution < 1.29 is 47.7 Å². The fourth-order valence-corrected chi connectivity index (χ4v) is 21.5. The molecule has 7 aromatic rings. The largest absolute Gasteiger partial charge is 0.444 e. The molecule has 14 aliphatic rings. The van der Waals surface area contributed by atoms with E-state index in [-0.39, 0.29) is 30.5 Å². The minimum absolute atomic E-state index is 0.221. The third kappa shape index (κ3) is 28.7. The molecule has 3 N–H and O–H groups in total. The number of aromatic nitrogens is 14. The summed E-state index contributed by atoms with van der Waals surface area (Å²) in [6.07, 6.45) is 56.5. The number of halogens is 1. The van der Waals surface area contributed by atoms with E-state index in [1.807, 2.05) is 116 Å². The van der Waals surface area contributed by atoms with Crippen LogP contribution in [0.15, 0.2) is 43.4 Å². The Morgan fingerprint density at radius 3 is 0.925 bits per heavy atom. The quantitative estimate of drug-likeness (QED) is 0.103. The van der Waals surface area contributed by atoms with Crippen molar-refractivity contribution in [1.29, 1.82) is 0 Å². The maximum atomic E-state index is 12.2. The molecule has 14 heterocycles. The van der Waals surface area contributed by atoms with Crippen LogP contribution in [0.3, 0.4) is 0 Å². The number of fused-ring (bicyclic) bond motifs is 7. The number of carbonyl (C=O) groups excluding carboxylic acids is 5. The van der Waals surface area contributed by atoms with Gasteiger partial charge < -0.3 is 58.8 Å². The van der Waals surface area contributed by atoms with Gasteiger partial charge in [-0.05, 0) is 194 Å². The average Bonchev–Trinajstić information content (AvgIpc) is 1.46. The normalized spacial score (nSPS) is 20.1. The number of aromatic amines is 1. The predicted octanol–water partition coefficient (Wildman–Crippen LogP) is 20.5. The third-order valence-electron chi connectivity index (χ3n) is 27.7. The van der Waals surface area contributed by atoms with Crippen LogP contribution < -0.4 is 10.6 Å². The van der Waals surface area contributed by atoms with Crippen molar-refractivity contribution in [2.75, 3.05) is 45.8 Å². The van der Waals surface area contributed by atoms with Crippen LogP contribution in [0.25, 0.3) is 0 Å². The summed E-state index contributed by atoms with van der Waals surface area (Å²) >= 11 is 3.54. The number of hydrogen-bond donors (Lipinski definition) is 3. The lowest BCUT2D eigenvalue weighted by Crippen LogP contribution is -2.40. The molecule has 7 aliphatic carbocycles. The average molecular weight is 1920 g/mol. The fourth-order valence-electron chi connectivity index (χ4n) is 20.9. The van der Waals surface area contributed by atoms with Crippen LogP contribution in [-0.4, -0.2) is 202 Å². The molecule has 0 bridgehead atoms. The van der Waals surface area contributed by atoms with Gasteiger partial charge in [0, 0.05) is 189 Å². The highest BCUT2D eigenvalue weighted by Crippen LogP contribution is 2.39. The Morgan fingerprint density at radius 2 is 0.590 bits per heavy atom. The molecule has 21 rings (SSSR count). The van der Waals surface area contributed by atoms with Crippen molar-refractivity contribution in [3.05, 3.63) is 122 Å². The molecule has 0 radical (unpaired) electrons. The maximum absolute atomic E-state index is 12.2. The molecule has 0 spiro atoms. The summed E-state index contributed by atoms with van der Waals surface area (Å²) in [5.41, 5.74) is 15.3. The van der Waals surface area contributed by atoms with Gasteiger partial charge in [0.1, 0.15) is 28.0 Å². The highest BCUT2D eigenvalue weighted by molar-refractivity contribution is 9.09. The summed E-state index contributed by atoms with van der Waals surface area (Å²) < 4.78 is 40.4. The van der Waals surface area contributed by atoms with Gasteiger partial charge in [-0.15, -0.1) is 0 Å². The number of ether oxygens (including phenoxy) is 5. The molecule has 740 valence electrons. The van der Waals surface area contributed by atoms with Crippen LogP contribution in [0.2, 0.25) is 0 Å². The van der Waals surface area contributed by atoms with E-state index in [0.29, 0.717) is 88.6 Å². The topological polar surface area (TPSA) is 307 Å². The standard InChI is InChI=1S/4C16H25N3O2.C11H17N3O2.2C11H17N3.C5H9Br/c2*1-16(2,3)21-15(20)18-9-8-14-12(10-18)11-19(17-14)13-6-4-5-7-13;2*1-16(2,3)21-15(20)18-9-8-14-12(11-18)10-17-19(14)13-6-4-5-7-13;1-11(2,3)16-10(15)14-5-4-9-8(7-14)6-12-13-9;1-2-4-10(3-1)14-8-9-7-12-6-5-11(9)13-14;1-2-4-10(3-1)14-11-5-6-12-7-9(11)8-13-14;6-5-3-1-2-4-5/h2*11,13H,4-10H2,1-3H3;2*10,13H,4-9,11H2,1-3H3;6H,4-5,7H2,1-3H3,(H,12,13);2*8,10,12H,1-7H2;5H,1-4H2. The molecule has 32 heteroatoms. The molecule has 0 aromatic carbocycles. The molecular weight excluding hydrogens is 1760 g/mol. The number of nitrogens with zero attached hydrogens (tertiary/aromatic N) is 18. The summed E-state index contributed by atoms with van der Waals surface area (Å²) in [7, 11) is 0. The third-order valence-corrected chi connectivity index (χ3v) is 28.6. The van der Waals surface area contributed by atoms with Crippen LogP contribution in [-0.2, 0) is 114 Å². The van der Waals surface area contributed by atoms with Crippen LogP contribution >= 0.6 is 15.9 Å². The van der Waals surface area contributed by atoms with Gasteiger partial charge >= 0.3 is 30.5 Å². The number of hydrogen-bond acceptors (Lipinski definition) is 19. The molecule has 7 fully saturated rings. The number of alkyl halides is 1. The molecule has 0 atom stereocenters. The lowest BCUT2D eigenvalue weighted by molar-refractivity contribution is 0.0212. The van der Waals surface area contributed by atoms with E-state index >= 15 is 0 Å². The van der Waals surface area contributed by atoms with Crippen molar-refractivity contribution >= 4 is 46.4 Å². The van der Waals surface area contributed by atoms with Gasteiger partial charge in [-0.2, -0.15) is 35.7 Å². The zero-order valence-electron chi connectivity index (χ0n) is 83.7. The molecule has 0 saturated heterocycles. The maximum Gasteiger partial charge on any atom is 0.410 e. The number of nitrogens with one attached hydrogen (secondary N) is 3. The van der Waals surface area contributed by atoms with Crippen LogP contribution in [0, 0.1) is 0 Å². The number of H-pyrrole nitrogens is 1. The van der Waals surface area contributed by atoms with Gasteiger partial charge in [0.15, 0.2) is 0 Å². The fraction of sp³-hybridized carbons (Fsp3) is 0.745. The van der Waals surface area contributed by atoms with Gasteiger partial charge in [-0.3, -0.25) is 33.2 Å². The van der Waals surface area contributed by atoms with Gasteiger partial charge in [-0.25, -0.2) is 24.0 Å². The van der Waals surface area contributed by atoms with E-state index < -0.39 is 28.0 Å². The molecule has 7 aliphatic heterocycles. The van der Waals surface area contributed by atoms with E-state index in [9.17, 15) is 24.0 Å². The summed E-state index contributed by atoms with van der Waals surface area (Å²) in [5.74, 6) is 0. The Morgan fingerprint density at radius 1 is 0.313 bits per heavy atom. The second-order valence-corrected chi connectivity index (χ2v) is 45.7. The lowest BCUT2D eigenvalue weighted by Gasteiger charge is -2.30. The molecular formula is C102H160BrN21O10. The predicted molar refractivity (Wildman–Crippen MR) is 521 cm³/mol. The molecule has 5 amide bonds.